The third kappa shape index (κ3) is 4.75. The number of para-hydroxylation sites is 1. The summed E-state index contributed by atoms with van der Waals surface area (Å²) in [5.41, 5.74) is 0.966. The van der Waals surface area contributed by atoms with Crippen molar-refractivity contribution in [1.82, 2.24) is 9.97 Å². The molecular weight excluding hydrogens is 254 g/mol. The molecule has 108 valence electrons. The van der Waals surface area contributed by atoms with Crippen molar-refractivity contribution in [3.8, 4) is 0 Å². The lowest BCUT2D eigenvalue weighted by Crippen LogP contribution is -2.08. The fourth-order valence-electron chi connectivity index (χ4n) is 1.83. The van der Waals surface area contributed by atoms with Gasteiger partial charge in [-0.15, -0.1) is 0 Å². The van der Waals surface area contributed by atoms with Crippen LogP contribution >= 0.6 is 0 Å². The van der Waals surface area contributed by atoms with Gasteiger partial charge in [-0.3, -0.25) is 0 Å². The monoisotopic (exact) mass is 275 g/mol. The maximum absolute atomic E-state index is 5.40. The van der Waals surface area contributed by atoms with E-state index in [2.05, 4.69) is 15.3 Å². The first-order valence-electron chi connectivity index (χ1n) is 6.92. The van der Waals surface area contributed by atoms with Crippen LogP contribution in [-0.2, 0) is 9.47 Å². The van der Waals surface area contributed by atoms with Gasteiger partial charge >= 0.3 is 0 Å². The van der Waals surface area contributed by atoms with Crippen molar-refractivity contribution in [2.24, 2.45) is 0 Å². The predicted octanol–water partition coefficient (Wildman–Crippen LogP) is 2.48. The number of ether oxygens (including phenoxy) is 2. The summed E-state index contributed by atoms with van der Waals surface area (Å²) in [4.78, 5) is 8.76. The SMILES string of the molecule is COCCOCCCCNc1ncc2ccccc2n1. The van der Waals surface area contributed by atoms with Crippen LogP contribution in [-0.4, -0.2) is 43.4 Å². The molecule has 2 rings (SSSR count). The van der Waals surface area contributed by atoms with Crippen LogP contribution in [0.4, 0.5) is 5.95 Å². The van der Waals surface area contributed by atoms with Crippen molar-refractivity contribution in [1.29, 1.82) is 0 Å². The Morgan fingerprint density at radius 2 is 2.00 bits per heavy atom. The van der Waals surface area contributed by atoms with Gasteiger partial charge in [-0.25, -0.2) is 9.97 Å². The molecule has 0 atom stereocenters. The highest BCUT2D eigenvalue weighted by Crippen LogP contribution is 2.11. The molecule has 20 heavy (non-hydrogen) atoms. The molecule has 0 unspecified atom stereocenters. The maximum Gasteiger partial charge on any atom is 0.223 e. The Labute approximate surface area is 119 Å². The van der Waals surface area contributed by atoms with Crippen LogP contribution < -0.4 is 5.32 Å². The fourth-order valence-corrected chi connectivity index (χ4v) is 1.83. The first-order chi connectivity index (χ1) is 9.90. The Morgan fingerprint density at radius 3 is 2.90 bits per heavy atom. The number of nitrogens with one attached hydrogen (secondary N) is 1. The Kier molecular flexibility index (Phi) is 6.20. The Hall–Kier alpha value is -1.72. The molecule has 1 aromatic heterocycles. The highest BCUT2D eigenvalue weighted by atomic mass is 16.5. The van der Waals surface area contributed by atoms with Gasteiger partial charge in [0.15, 0.2) is 0 Å². The quantitative estimate of drug-likeness (QED) is 0.712. The normalized spacial score (nSPS) is 10.8. The average Bonchev–Trinajstić information content (AvgIpc) is 2.50. The number of hydrogen-bond acceptors (Lipinski definition) is 5. The molecule has 0 saturated carbocycles. The number of hydrogen-bond donors (Lipinski definition) is 1. The molecule has 0 fully saturated rings. The zero-order valence-electron chi connectivity index (χ0n) is 11.8. The fraction of sp³-hybridized carbons (Fsp3) is 0.467. The Balaban J connectivity index is 1.65. The van der Waals surface area contributed by atoms with Gasteiger partial charge in [-0.2, -0.15) is 0 Å². The average molecular weight is 275 g/mol. The van der Waals surface area contributed by atoms with E-state index in [1.54, 1.807) is 7.11 Å². The molecule has 0 spiro atoms. The summed E-state index contributed by atoms with van der Waals surface area (Å²) in [7, 11) is 1.68. The van der Waals surface area contributed by atoms with Crippen molar-refractivity contribution < 1.29 is 9.47 Å². The minimum Gasteiger partial charge on any atom is -0.382 e. The number of aromatic nitrogens is 2. The molecule has 0 bridgehead atoms. The molecule has 0 radical (unpaired) electrons. The minimum absolute atomic E-state index is 0.656. The summed E-state index contributed by atoms with van der Waals surface area (Å²) in [6.45, 7) is 2.94. The molecular formula is C15H21N3O2. The highest BCUT2D eigenvalue weighted by molar-refractivity contribution is 5.78. The van der Waals surface area contributed by atoms with Gasteiger partial charge in [0.1, 0.15) is 0 Å². The zero-order chi connectivity index (χ0) is 14.0. The lowest BCUT2D eigenvalue weighted by atomic mass is 10.2. The van der Waals surface area contributed by atoms with E-state index in [0.29, 0.717) is 19.2 Å². The van der Waals surface area contributed by atoms with E-state index in [9.17, 15) is 0 Å². The van der Waals surface area contributed by atoms with Crippen molar-refractivity contribution in [2.75, 3.05) is 38.8 Å². The third-order valence-electron chi connectivity index (χ3n) is 2.92. The number of benzene rings is 1. The van der Waals surface area contributed by atoms with E-state index < -0.39 is 0 Å². The summed E-state index contributed by atoms with van der Waals surface area (Å²) in [5, 5.41) is 4.30. The lowest BCUT2D eigenvalue weighted by molar-refractivity contribution is 0.0691. The topological polar surface area (TPSA) is 56.3 Å². The predicted molar refractivity (Wildman–Crippen MR) is 80.0 cm³/mol. The molecule has 1 heterocycles. The lowest BCUT2D eigenvalue weighted by Gasteiger charge is -2.06. The number of unbranched alkanes of at least 4 members (excludes halogenated alkanes) is 1. The molecule has 0 aliphatic rings. The molecule has 1 aromatic carbocycles. The first kappa shape index (κ1) is 14.7. The van der Waals surface area contributed by atoms with Crippen LogP contribution in [0.5, 0.6) is 0 Å². The summed E-state index contributed by atoms with van der Waals surface area (Å²) in [6.07, 6.45) is 3.89. The maximum atomic E-state index is 5.40. The second-order valence-corrected chi connectivity index (χ2v) is 4.49. The largest absolute Gasteiger partial charge is 0.382 e. The van der Waals surface area contributed by atoms with Gasteiger partial charge in [0.25, 0.3) is 0 Å². The van der Waals surface area contributed by atoms with Gasteiger partial charge < -0.3 is 14.8 Å². The van der Waals surface area contributed by atoms with Crippen molar-refractivity contribution in [3.63, 3.8) is 0 Å². The van der Waals surface area contributed by atoms with Gasteiger partial charge in [0, 0.05) is 31.8 Å². The third-order valence-corrected chi connectivity index (χ3v) is 2.92. The Morgan fingerprint density at radius 1 is 1.10 bits per heavy atom. The van der Waals surface area contributed by atoms with Crippen LogP contribution in [0.1, 0.15) is 12.8 Å². The standard InChI is InChI=1S/C15H21N3O2/c1-19-10-11-20-9-5-4-8-16-15-17-12-13-6-2-3-7-14(13)18-15/h2-3,6-7,12H,4-5,8-11H2,1H3,(H,16,17,18). The second kappa shape index (κ2) is 8.45. The van der Waals surface area contributed by atoms with Crippen molar-refractivity contribution in [3.05, 3.63) is 30.5 Å². The molecule has 0 amide bonds. The van der Waals surface area contributed by atoms with E-state index in [4.69, 9.17) is 9.47 Å². The molecule has 5 heteroatoms. The second-order valence-electron chi connectivity index (χ2n) is 4.49. The van der Waals surface area contributed by atoms with Gasteiger partial charge in [-0.05, 0) is 18.9 Å². The summed E-state index contributed by atoms with van der Waals surface area (Å²) in [5.74, 6) is 0.684. The summed E-state index contributed by atoms with van der Waals surface area (Å²) < 4.78 is 10.3. The van der Waals surface area contributed by atoms with E-state index in [1.807, 2.05) is 30.5 Å². The number of nitrogens with zero attached hydrogens (tertiary/aromatic N) is 2. The molecule has 5 nitrogen and oxygen atoms in total. The molecule has 0 aliphatic carbocycles. The number of rotatable bonds is 9. The molecule has 1 N–H and O–H groups in total. The van der Waals surface area contributed by atoms with Gasteiger partial charge in [-0.1, -0.05) is 18.2 Å². The highest BCUT2D eigenvalue weighted by Gasteiger charge is 1.98. The Bertz CT molecular complexity index is 519. The number of methoxy groups -OCH3 is 1. The van der Waals surface area contributed by atoms with Gasteiger partial charge in [0.05, 0.1) is 18.7 Å². The van der Waals surface area contributed by atoms with Crippen molar-refractivity contribution >= 4 is 16.9 Å². The number of fused-ring (bicyclic) bond motifs is 1. The van der Waals surface area contributed by atoms with Crippen LogP contribution in [0.2, 0.25) is 0 Å². The van der Waals surface area contributed by atoms with Crippen molar-refractivity contribution in [2.45, 2.75) is 12.8 Å². The van der Waals surface area contributed by atoms with Crippen LogP contribution in [0.25, 0.3) is 10.9 Å². The molecule has 2 aromatic rings. The van der Waals surface area contributed by atoms with E-state index >= 15 is 0 Å². The smallest absolute Gasteiger partial charge is 0.223 e. The molecule has 0 saturated heterocycles. The van der Waals surface area contributed by atoms with Crippen LogP contribution in [0.3, 0.4) is 0 Å². The van der Waals surface area contributed by atoms with E-state index in [1.165, 1.54) is 0 Å². The summed E-state index contributed by atoms with van der Waals surface area (Å²) in [6, 6.07) is 7.97. The van der Waals surface area contributed by atoms with Gasteiger partial charge in [0.2, 0.25) is 5.95 Å². The summed E-state index contributed by atoms with van der Waals surface area (Å²) >= 11 is 0. The van der Waals surface area contributed by atoms with E-state index in [-0.39, 0.29) is 0 Å². The number of anilines is 1. The minimum atomic E-state index is 0.656. The van der Waals surface area contributed by atoms with Crippen LogP contribution in [0.15, 0.2) is 30.5 Å². The van der Waals surface area contributed by atoms with E-state index in [0.717, 1.165) is 36.9 Å². The van der Waals surface area contributed by atoms with Crippen LogP contribution in [0, 0.1) is 0 Å². The first-order valence-corrected chi connectivity index (χ1v) is 6.92. The zero-order valence-corrected chi connectivity index (χ0v) is 11.8. The molecule has 0 aliphatic heterocycles.